The van der Waals surface area contributed by atoms with Gasteiger partial charge >= 0.3 is 0 Å². The molecule has 1 aromatic rings. The molecule has 1 N–H and O–H groups in total. The number of benzene rings is 1. The Bertz CT molecular complexity index is 334. The largest absolute Gasteiger partial charge is 0.472 e. The number of hydrogen-bond acceptors (Lipinski definition) is 3. The summed E-state index contributed by atoms with van der Waals surface area (Å²) in [4.78, 5) is 4.30. The van der Waals surface area contributed by atoms with Gasteiger partial charge in [0.15, 0.2) is 0 Å². The van der Waals surface area contributed by atoms with Crippen molar-refractivity contribution < 1.29 is 9.84 Å². The van der Waals surface area contributed by atoms with Gasteiger partial charge in [0.25, 0.3) is 0 Å². The van der Waals surface area contributed by atoms with E-state index in [1.54, 1.807) is 0 Å². The van der Waals surface area contributed by atoms with Gasteiger partial charge in [-0.05, 0) is 19.1 Å². The van der Waals surface area contributed by atoms with Crippen molar-refractivity contribution in [2.24, 2.45) is 4.99 Å². The fourth-order valence-electron chi connectivity index (χ4n) is 1.45. The van der Waals surface area contributed by atoms with Crippen LogP contribution >= 0.6 is 0 Å². The second-order valence-electron chi connectivity index (χ2n) is 3.37. The molecule has 0 spiro atoms. The predicted octanol–water partition coefficient (Wildman–Crippen LogP) is 1.21. The molecular formula is C11H13NO2. The lowest BCUT2D eigenvalue weighted by Crippen LogP contribution is -2.21. The summed E-state index contributed by atoms with van der Waals surface area (Å²) < 4.78 is 5.54. The lowest BCUT2D eigenvalue weighted by atomic mass is 10.2. The Balaban J connectivity index is 2.22. The summed E-state index contributed by atoms with van der Waals surface area (Å²) in [6, 6.07) is 9.61. The highest BCUT2D eigenvalue weighted by atomic mass is 16.5. The molecule has 0 amide bonds. The molecule has 74 valence electrons. The molecule has 3 nitrogen and oxygen atoms in total. The lowest BCUT2D eigenvalue weighted by Gasteiger charge is -2.09. The molecule has 2 atom stereocenters. The molecular weight excluding hydrogens is 178 g/mol. The van der Waals surface area contributed by atoms with Crippen molar-refractivity contribution >= 4 is 5.90 Å². The minimum Gasteiger partial charge on any atom is -0.472 e. The number of nitrogens with zero attached hydrogens (tertiary/aromatic N) is 1. The molecule has 1 aromatic carbocycles. The molecule has 0 bridgehead atoms. The van der Waals surface area contributed by atoms with Crippen LogP contribution in [0.25, 0.3) is 0 Å². The van der Waals surface area contributed by atoms with Gasteiger partial charge in [-0.2, -0.15) is 0 Å². The first-order chi connectivity index (χ1) is 6.81. The van der Waals surface area contributed by atoms with Crippen LogP contribution in [0, 0.1) is 0 Å². The summed E-state index contributed by atoms with van der Waals surface area (Å²) in [6.45, 7) is 1.96. The number of hydrogen-bond donors (Lipinski definition) is 1. The summed E-state index contributed by atoms with van der Waals surface area (Å²) in [6.07, 6.45) is -0.0322. The van der Waals surface area contributed by atoms with Gasteiger partial charge in [0.1, 0.15) is 12.1 Å². The molecule has 0 unspecified atom stereocenters. The zero-order valence-electron chi connectivity index (χ0n) is 8.05. The van der Waals surface area contributed by atoms with Gasteiger partial charge in [0.05, 0.1) is 6.61 Å². The molecule has 1 aliphatic rings. The van der Waals surface area contributed by atoms with Crippen LogP contribution in [0.3, 0.4) is 0 Å². The third kappa shape index (κ3) is 1.63. The molecule has 0 aliphatic carbocycles. The van der Waals surface area contributed by atoms with Crippen molar-refractivity contribution in [3.05, 3.63) is 35.9 Å². The highest BCUT2D eigenvalue weighted by Crippen LogP contribution is 2.17. The van der Waals surface area contributed by atoms with Gasteiger partial charge in [-0.15, -0.1) is 0 Å². The Labute approximate surface area is 83.1 Å². The van der Waals surface area contributed by atoms with Crippen molar-refractivity contribution in [3.63, 3.8) is 0 Å². The number of aliphatic hydroxyl groups is 1. The maximum Gasteiger partial charge on any atom is 0.216 e. The van der Waals surface area contributed by atoms with Crippen molar-refractivity contribution in [1.29, 1.82) is 0 Å². The molecule has 0 saturated carbocycles. The molecule has 0 saturated heterocycles. The minimum absolute atomic E-state index is 0.0322. The van der Waals surface area contributed by atoms with E-state index in [0.29, 0.717) is 5.90 Å². The predicted molar refractivity (Wildman–Crippen MR) is 54.4 cm³/mol. The van der Waals surface area contributed by atoms with Crippen molar-refractivity contribution in [2.75, 3.05) is 6.61 Å². The molecule has 14 heavy (non-hydrogen) atoms. The second kappa shape index (κ2) is 3.80. The summed E-state index contributed by atoms with van der Waals surface area (Å²) >= 11 is 0. The van der Waals surface area contributed by atoms with E-state index in [9.17, 15) is 0 Å². The van der Waals surface area contributed by atoms with E-state index in [1.165, 1.54) is 0 Å². The maximum atomic E-state index is 9.01. The van der Waals surface area contributed by atoms with Crippen LogP contribution in [0.1, 0.15) is 12.5 Å². The normalized spacial score (nSPS) is 25.7. The van der Waals surface area contributed by atoms with Gasteiger partial charge in [0, 0.05) is 5.56 Å². The molecule has 3 heteroatoms. The average molecular weight is 191 g/mol. The van der Waals surface area contributed by atoms with Gasteiger partial charge in [-0.1, -0.05) is 18.2 Å². The van der Waals surface area contributed by atoms with Crippen LogP contribution in [0.15, 0.2) is 35.3 Å². The second-order valence-corrected chi connectivity index (χ2v) is 3.37. The van der Waals surface area contributed by atoms with Gasteiger partial charge in [-0.25, -0.2) is 4.99 Å². The smallest absolute Gasteiger partial charge is 0.216 e. The van der Waals surface area contributed by atoms with E-state index >= 15 is 0 Å². The van der Waals surface area contributed by atoms with Crippen LogP contribution in [-0.4, -0.2) is 29.8 Å². The van der Waals surface area contributed by atoms with E-state index in [2.05, 4.69) is 4.99 Å². The SMILES string of the molecule is C[C@@H]1OC(c2ccccc2)=N[C@H]1CO. The summed E-state index contributed by atoms with van der Waals surface area (Å²) in [5.74, 6) is 0.636. The molecule has 2 rings (SSSR count). The standard InChI is InChI=1S/C11H13NO2/c1-8-10(7-13)12-11(14-8)9-5-3-2-4-6-9/h2-6,8,10,13H,7H2,1H3/t8-,10-/m0/s1. The first-order valence-corrected chi connectivity index (χ1v) is 4.72. The van der Waals surface area contributed by atoms with E-state index in [0.717, 1.165) is 5.56 Å². The summed E-state index contributed by atoms with van der Waals surface area (Å²) in [5, 5.41) is 9.01. The molecule has 1 aliphatic heterocycles. The maximum absolute atomic E-state index is 9.01. The van der Waals surface area contributed by atoms with E-state index in [-0.39, 0.29) is 18.8 Å². The van der Waals surface area contributed by atoms with Crippen molar-refractivity contribution in [2.45, 2.75) is 19.1 Å². The van der Waals surface area contributed by atoms with Crippen LogP contribution in [-0.2, 0) is 4.74 Å². The minimum atomic E-state index is -0.120. The van der Waals surface area contributed by atoms with Gasteiger partial charge in [0.2, 0.25) is 5.90 Å². The number of rotatable bonds is 2. The first-order valence-electron chi connectivity index (χ1n) is 4.72. The van der Waals surface area contributed by atoms with Crippen molar-refractivity contribution in [1.82, 2.24) is 0 Å². The van der Waals surface area contributed by atoms with E-state index in [4.69, 9.17) is 9.84 Å². The fraction of sp³-hybridized carbons (Fsp3) is 0.364. The Morgan fingerprint density at radius 2 is 2.07 bits per heavy atom. The summed E-state index contributed by atoms with van der Waals surface area (Å²) in [7, 11) is 0. The highest BCUT2D eigenvalue weighted by Gasteiger charge is 2.26. The highest BCUT2D eigenvalue weighted by molar-refractivity contribution is 5.95. The van der Waals surface area contributed by atoms with Crippen LogP contribution < -0.4 is 0 Å². The fourth-order valence-corrected chi connectivity index (χ4v) is 1.45. The molecule has 0 radical (unpaired) electrons. The third-order valence-corrected chi connectivity index (χ3v) is 2.33. The van der Waals surface area contributed by atoms with E-state index < -0.39 is 0 Å². The lowest BCUT2D eigenvalue weighted by molar-refractivity contribution is 0.165. The molecule has 0 fully saturated rings. The zero-order chi connectivity index (χ0) is 9.97. The van der Waals surface area contributed by atoms with Crippen molar-refractivity contribution in [3.8, 4) is 0 Å². The average Bonchev–Trinajstić information content (AvgIpc) is 2.61. The number of aliphatic hydroxyl groups excluding tert-OH is 1. The monoisotopic (exact) mass is 191 g/mol. The molecule has 1 heterocycles. The quantitative estimate of drug-likeness (QED) is 0.763. The Kier molecular flexibility index (Phi) is 2.50. The number of aliphatic imine (C=N–C) groups is 1. The first kappa shape index (κ1) is 9.21. The molecule has 0 aromatic heterocycles. The topological polar surface area (TPSA) is 41.8 Å². The van der Waals surface area contributed by atoms with Crippen LogP contribution in [0.4, 0.5) is 0 Å². The summed E-state index contributed by atoms with van der Waals surface area (Å²) in [5.41, 5.74) is 0.968. The number of ether oxygens (including phenoxy) is 1. The van der Waals surface area contributed by atoms with Gasteiger partial charge in [-0.3, -0.25) is 0 Å². The third-order valence-electron chi connectivity index (χ3n) is 2.33. The van der Waals surface area contributed by atoms with Gasteiger partial charge < -0.3 is 9.84 Å². The zero-order valence-corrected chi connectivity index (χ0v) is 8.05. The Hall–Kier alpha value is -1.35. The Morgan fingerprint density at radius 3 is 2.64 bits per heavy atom. The van der Waals surface area contributed by atoms with Crippen LogP contribution in [0.2, 0.25) is 0 Å². The van der Waals surface area contributed by atoms with E-state index in [1.807, 2.05) is 37.3 Å². The van der Waals surface area contributed by atoms with Crippen LogP contribution in [0.5, 0.6) is 0 Å². The Morgan fingerprint density at radius 1 is 1.36 bits per heavy atom.